The monoisotopic (exact) mass is 774 g/mol. The Morgan fingerprint density at radius 1 is 0.262 bits per heavy atom. The van der Waals surface area contributed by atoms with Crippen LogP contribution in [0.4, 0.5) is 0 Å². The fourth-order valence-corrected chi connectivity index (χ4v) is 9.49. The van der Waals surface area contributed by atoms with Crippen LogP contribution in [0, 0.1) is 0 Å². The molecule has 0 atom stereocenters. The van der Waals surface area contributed by atoms with Gasteiger partial charge >= 0.3 is 0 Å². The molecule has 1 aromatic heterocycles. The van der Waals surface area contributed by atoms with Gasteiger partial charge in [-0.1, -0.05) is 194 Å². The fourth-order valence-electron chi connectivity index (χ4n) is 9.49. The van der Waals surface area contributed by atoms with Gasteiger partial charge in [0.15, 0.2) is 5.82 Å². The number of hydrogen-bond donors (Lipinski definition) is 0. The number of aromatic nitrogens is 2. The molecule has 11 aromatic rings. The summed E-state index contributed by atoms with van der Waals surface area (Å²) >= 11 is 0. The maximum Gasteiger partial charge on any atom is 0.160 e. The summed E-state index contributed by atoms with van der Waals surface area (Å²) in [6.07, 6.45) is 0.766. The van der Waals surface area contributed by atoms with Crippen molar-refractivity contribution in [2.24, 2.45) is 0 Å². The second-order valence-corrected chi connectivity index (χ2v) is 16.1. The van der Waals surface area contributed by atoms with E-state index in [1.54, 1.807) is 0 Å². The van der Waals surface area contributed by atoms with Crippen LogP contribution < -0.4 is 0 Å². The van der Waals surface area contributed by atoms with Gasteiger partial charge in [0.25, 0.3) is 0 Å². The fraction of sp³-hybridized carbons (Fsp3) is 0.0169. The molecular formula is C59H38N2. The topological polar surface area (TPSA) is 25.8 Å². The normalized spacial score (nSPS) is 11.9. The summed E-state index contributed by atoms with van der Waals surface area (Å²) in [5.41, 5.74) is 17.2. The maximum absolute atomic E-state index is 5.48. The van der Waals surface area contributed by atoms with Crippen LogP contribution >= 0.6 is 0 Å². The van der Waals surface area contributed by atoms with Crippen molar-refractivity contribution in [2.45, 2.75) is 6.42 Å². The smallest absolute Gasteiger partial charge is 0.160 e. The molecule has 1 aliphatic rings. The van der Waals surface area contributed by atoms with E-state index in [0.29, 0.717) is 0 Å². The maximum atomic E-state index is 5.48. The van der Waals surface area contributed by atoms with Crippen molar-refractivity contribution in [3.63, 3.8) is 0 Å². The number of hydrogen-bond acceptors (Lipinski definition) is 2. The van der Waals surface area contributed by atoms with Crippen molar-refractivity contribution < 1.29 is 0 Å². The number of nitrogens with zero attached hydrogens (tertiary/aromatic N) is 2. The van der Waals surface area contributed by atoms with E-state index >= 15 is 0 Å². The minimum atomic E-state index is 0.727. The van der Waals surface area contributed by atoms with Crippen LogP contribution in [0.1, 0.15) is 11.1 Å². The van der Waals surface area contributed by atoms with E-state index in [4.69, 9.17) is 9.97 Å². The Labute approximate surface area is 355 Å². The summed E-state index contributed by atoms with van der Waals surface area (Å²) in [7, 11) is 0. The van der Waals surface area contributed by atoms with Crippen molar-refractivity contribution in [2.75, 3.05) is 0 Å². The number of rotatable bonds is 6. The highest BCUT2D eigenvalue weighted by molar-refractivity contribution is 6.25. The molecule has 1 heterocycles. The quantitative estimate of drug-likeness (QED) is 0.157. The zero-order chi connectivity index (χ0) is 40.3. The Morgan fingerprint density at radius 2 is 0.672 bits per heavy atom. The molecule has 2 heteroatoms. The second-order valence-electron chi connectivity index (χ2n) is 16.1. The first-order valence-corrected chi connectivity index (χ1v) is 21.0. The molecule has 0 aliphatic heterocycles. The minimum Gasteiger partial charge on any atom is -0.228 e. The summed E-state index contributed by atoms with van der Waals surface area (Å²) in [5, 5.41) is 7.64. The van der Waals surface area contributed by atoms with Gasteiger partial charge in [-0.05, 0) is 107 Å². The summed E-state index contributed by atoms with van der Waals surface area (Å²) < 4.78 is 0. The lowest BCUT2D eigenvalue weighted by molar-refractivity contribution is 1.13. The summed E-state index contributed by atoms with van der Waals surface area (Å²) in [5.74, 6) is 0.727. The Morgan fingerprint density at radius 3 is 1.30 bits per heavy atom. The van der Waals surface area contributed by atoms with Gasteiger partial charge < -0.3 is 0 Å². The van der Waals surface area contributed by atoms with Crippen molar-refractivity contribution in [1.82, 2.24) is 9.97 Å². The number of benzene rings is 10. The van der Waals surface area contributed by atoms with E-state index in [1.807, 2.05) is 0 Å². The van der Waals surface area contributed by atoms with Crippen LogP contribution in [0.25, 0.3) is 111 Å². The van der Waals surface area contributed by atoms with Crippen LogP contribution in [0.3, 0.4) is 0 Å². The third-order valence-corrected chi connectivity index (χ3v) is 12.5. The molecule has 0 saturated carbocycles. The molecule has 0 radical (unpaired) electrons. The zero-order valence-corrected chi connectivity index (χ0v) is 33.4. The van der Waals surface area contributed by atoms with E-state index < -0.39 is 0 Å². The van der Waals surface area contributed by atoms with Gasteiger partial charge in [-0.15, -0.1) is 0 Å². The first-order valence-electron chi connectivity index (χ1n) is 21.0. The van der Waals surface area contributed by atoms with Crippen molar-refractivity contribution in [3.8, 4) is 78.4 Å². The molecule has 2 nitrogen and oxygen atoms in total. The van der Waals surface area contributed by atoms with Gasteiger partial charge in [-0.2, -0.15) is 0 Å². The Balaban J connectivity index is 0.991. The molecule has 0 amide bonds. The SMILES string of the molecule is c1ccc(-c2cccc(-c3ccc4c(c3)Cc3c(-c5cccc(-c6ccccc6)c5)nc(-c5cccc(-c6ccc7c8ccccc8c8ccccc8c7c6)c5)nc3-4)c2)cc1. The van der Waals surface area contributed by atoms with Gasteiger partial charge in [0.2, 0.25) is 0 Å². The van der Waals surface area contributed by atoms with Crippen molar-refractivity contribution >= 4 is 32.3 Å². The average molecular weight is 775 g/mol. The largest absolute Gasteiger partial charge is 0.228 e. The molecule has 0 spiro atoms. The van der Waals surface area contributed by atoms with Gasteiger partial charge in [-0.3, -0.25) is 0 Å². The van der Waals surface area contributed by atoms with Gasteiger partial charge in [0.1, 0.15) is 0 Å². The minimum absolute atomic E-state index is 0.727. The zero-order valence-electron chi connectivity index (χ0n) is 33.4. The average Bonchev–Trinajstić information content (AvgIpc) is 3.72. The highest BCUT2D eigenvalue weighted by Gasteiger charge is 2.27. The molecule has 61 heavy (non-hydrogen) atoms. The van der Waals surface area contributed by atoms with Crippen LogP contribution in [0.5, 0.6) is 0 Å². The summed E-state index contributed by atoms with van der Waals surface area (Å²) in [6, 6.07) is 78.9. The molecule has 0 saturated heterocycles. The third-order valence-electron chi connectivity index (χ3n) is 12.5. The molecule has 284 valence electrons. The molecule has 0 N–H and O–H groups in total. The Bertz CT molecular complexity index is 3460. The van der Waals surface area contributed by atoms with Gasteiger partial charge in [0.05, 0.1) is 11.4 Å². The highest BCUT2D eigenvalue weighted by Crippen LogP contribution is 2.44. The van der Waals surface area contributed by atoms with Gasteiger partial charge in [0, 0.05) is 28.7 Å². The lowest BCUT2D eigenvalue weighted by Gasteiger charge is -2.14. The molecule has 0 unspecified atom stereocenters. The van der Waals surface area contributed by atoms with E-state index in [2.05, 4.69) is 218 Å². The van der Waals surface area contributed by atoms with E-state index in [0.717, 1.165) is 40.3 Å². The summed E-state index contributed by atoms with van der Waals surface area (Å²) in [6.45, 7) is 0. The molecule has 1 aliphatic carbocycles. The van der Waals surface area contributed by atoms with Gasteiger partial charge in [-0.25, -0.2) is 9.97 Å². The summed E-state index contributed by atoms with van der Waals surface area (Å²) in [4.78, 5) is 10.9. The first-order chi connectivity index (χ1) is 30.2. The highest BCUT2D eigenvalue weighted by atomic mass is 14.9. The van der Waals surface area contributed by atoms with Crippen molar-refractivity contribution in [1.29, 1.82) is 0 Å². The lowest BCUT2D eigenvalue weighted by atomic mass is 9.92. The number of fused-ring (bicyclic) bond motifs is 9. The van der Waals surface area contributed by atoms with Crippen LogP contribution in [0.2, 0.25) is 0 Å². The van der Waals surface area contributed by atoms with Crippen LogP contribution in [0.15, 0.2) is 218 Å². The predicted octanol–water partition coefficient (Wildman–Crippen LogP) is 15.5. The Hall–Kier alpha value is -7.94. The predicted molar refractivity (Wildman–Crippen MR) is 255 cm³/mol. The van der Waals surface area contributed by atoms with Crippen LogP contribution in [-0.2, 0) is 6.42 Å². The van der Waals surface area contributed by atoms with Crippen molar-refractivity contribution in [3.05, 3.63) is 230 Å². The third kappa shape index (κ3) is 6.12. The molecule has 0 fully saturated rings. The first kappa shape index (κ1) is 35.0. The molecular weight excluding hydrogens is 737 g/mol. The lowest BCUT2D eigenvalue weighted by Crippen LogP contribution is -1.99. The molecule has 10 aromatic carbocycles. The second kappa shape index (κ2) is 14.4. The Kier molecular flexibility index (Phi) is 8.28. The van der Waals surface area contributed by atoms with E-state index in [1.165, 1.54) is 88.0 Å². The standard InChI is InChI=1S/C59H38N2/c1-3-14-38(15-4-1)40-18-11-20-42(32-40)44-28-30-49-48(35-44)37-56-57(46-22-12-19-41(33-46)39-16-5-2-6-17-39)60-59(61-58(49)56)47-23-13-21-43(34-47)45-29-31-54-52-26-8-7-24-50(52)51-25-9-10-27-53(51)55(54)36-45/h1-36H,37H2. The van der Waals surface area contributed by atoms with E-state index in [9.17, 15) is 0 Å². The molecule has 12 rings (SSSR count). The molecule has 0 bridgehead atoms. The van der Waals surface area contributed by atoms with E-state index in [-0.39, 0.29) is 0 Å². The van der Waals surface area contributed by atoms with Crippen LogP contribution in [-0.4, -0.2) is 9.97 Å².